The van der Waals surface area contributed by atoms with E-state index in [0.29, 0.717) is 10.0 Å². The number of phenolic OH excluding ortho intramolecular Hbond substituents is 1. The number of phenols is 1. The molecule has 1 aromatic carbocycles. The molecule has 0 aromatic heterocycles. The minimum atomic E-state index is -1.12. The number of aromatic hydroxyl groups is 1. The molecule has 0 fully saturated rings. The molecule has 0 saturated carbocycles. The zero-order valence-corrected chi connectivity index (χ0v) is 8.73. The zero-order valence-electron chi connectivity index (χ0n) is 7.14. The topological polar surface area (TPSA) is 77.8 Å². The van der Waals surface area contributed by atoms with Crippen molar-refractivity contribution in [1.29, 1.82) is 0 Å². The Bertz CT molecular complexity index is 351. The van der Waals surface area contributed by atoms with Gasteiger partial charge in [-0.25, -0.2) is 0 Å². The molecule has 5 heteroatoms. The van der Waals surface area contributed by atoms with Gasteiger partial charge in [-0.1, -0.05) is 12.1 Å². The van der Waals surface area contributed by atoms with E-state index >= 15 is 0 Å². The molecule has 0 aliphatic heterocycles. The Morgan fingerprint density at radius 2 is 2.14 bits per heavy atom. The number of carbonyl (C=O) groups is 1. The lowest BCUT2D eigenvalue weighted by Crippen LogP contribution is -2.05. The van der Waals surface area contributed by atoms with Crippen molar-refractivity contribution in [2.24, 2.45) is 0 Å². The molecule has 3 N–H and O–H groups in total. The van der Waals surface area contributed by atoms with Gasteiger partial charge in [-0.05, 0) is 27.6 Å². The zero-order chi connectivity index (χ0) is 10.7. The van der Waals surface area contributed by atoms with E-state index in [1.807, 2.05) is 0 Å². The first kappa shape index (κ1) is 11.0. The lowest BCUT2D eigenvalue weighted by Gasteiger charge is -2.10. The highest BCUT2D eigenvalue weighted by atomic mass is 79.9. The van der Waals surface area contributed by atoms with Crippen molar-refractivity contribution in [1.82, 2.24) is 0 Å². The Labute approximate surface area is 88.9 Å². The van der Waals surface area contributed by atoms with Gasteiger partial charge in [0.2, 0.25) is 0 Å². The van der Waals surface area contributed by atoms with Crippen LogP contribution in [0.2, 0.25) is 0 Å². The van der Waals surface area contributed by atoms with Crippen molar-refractivity contribution in [3.63, 3.8) is 0 Å². The van der Waals surface area contributed by atoms with Crippen molar-refractivity contribution in [2.75, 3.05) is 0 Å². The van der Waals surface area contributed by atoms with Gasteiger partial charge < -0.3 is 15.3 Å². The highest BCUT2D eigenvalue weighted by Crippen LogP contribution is 2.32. The van der Waals surface area contributed by atoms with Gasteiger partial charge >= 0.3 is 5.97 Å². The lowest BCUT2D eigenvalue weighted by atomic mass is 10.1. The van der Waals surface area contributed by atoms with Crippen molar-refractivity contribution in [3.8, 4) is 5.75 Å². The molecular formula is C9H9BrO4. The molecule has 1 rings (SSSR count). The molecule has 0 bridgehead atoms. The van der Waals surface area contributed by atoms with E-state index in [0.717, 1.165) is 0 Å². The maximum Gasteiger partial charge on any atom is 0.306 e. The second-order valence-corrected chi connectivity index (χ2v) is 3.59. The summed E-state index contributed by atoms with van der Waals surface area (Å²) in [6.07, 6.45) is -1.50. The van der Waals surface area contributed by atoms with Crippen LogP contribution in [0.1, 0.15) is 18.1 Å². The normalized spacial score (nSPS) is 12.4. The number of carboxylic acids is 1. The molecule has 0 unspecified atom stereocenters. The molecule has 14 heavy (non-hydrogen) atoms. The third-order valence-electron chi connectivity index (χ3n) is 1.74. The minimum Gasteiger partial charge on any atom is -0.507 e. The molecule has 76 valence electrons. The predicted molar refractivity (Wildman–Crippen MR) is 53.0 cm³/mol. The fourth-order valence-corrected chi connectivity index (χ4v) is 1.60. The quantitative estimate of drug-likeness (QED) is 0.773. The van der Waals surface area contributed by atoms with Crippen LogP contribution in [0.4, 0.5) is 0 Å². The van der Waals surface area contributed by atoms with Gasteiger partial charge in [-0.3, -0.25) is 4.79 Å². The summed E-state index contributed by atoms with van der Waals surface area (Å²) in [5.74, 6) is -1.11. The molecule has 4 nitrogen and oxygen atoms in total. The number of aliphatic hydroxyl groups excluding tert-OH is 1. The fraction of sp³-hybridized carbons (Fsp3) is 0.222. The molecule has 0 aliphatic carbocycles. The predicted octanol–water partition coefficient (Wildman–Crippen LogP) is 1.66. The smallest absolute Gasteiger partial charge is 0.306 e. The van der Waals surface area contributed by atoms with E-state index < -0.39 is 12.1 Å². The van der Waals surface area contributed by atoms with Gasteiger partial charge in [0.05, 0.1) is 17.0 Å². The third-order valence-corrected chi connectivity index (χ3v) is 2.60. The van der Waals surface area contributed by atoms with Crippen molar-refractivity contribution in [2.45, 2.75) is 12.5 Å². The lowest BCUT2D eigenvalue weighted by molar-refractivity contribution is -0.139. The Kier molecular flexibility index (Phi) is 3.49. The number of hydrogen-bond acceptors (Lipinski definition) is 3. The number of hydrogen-bond donors (Lipinski definition) is 3. The van der Waals surface area contributed by atoms with Crippen molar-refractivity contribution < 1.29 is 20.1 Å². The molecule has 0 heterocycles. The first-order valence-corrected chi connectivity index (χ1v) is 4.69. The summed E-state index contributed by atoms with van der Waals surface area (Å²) < 4.78 is 0.328. The van der Waals surface area contributed by atoms with Crippen LogP contribution in [0, 0.1) is 0 Å². The molecule has 0 aliphatic rings. The van der Waals surface area contributed by atoms with E-state index in [9.17, 15) is 15.0 Å². The third kappa shape index (κ3) is 2.46. The van der Waals surface area contributed by atoms with Crippen LogP contribution in [-0.2, 0) is 4.79 Å². The Morgan fingerprint density at radius 1 is 1.50 bits per heavy atom. The number of carboxylic acid groups (broad SMARTS) is 1. The van der Waals surface area contributed by atoms with E-state index in [4.69, 9.17) is 5.11 Å². The highest BCUT2D eigenvalue weighted by molar-refractivity contribution is 9.10. The number of halogens is 1. The standard InChI is InChI=1S/C9H9BrO4/c10-9-5(2-1-3-6(9)11)7(12)4-8(13)14/h1-3,7,11-12H,4H2,(H,13,14)/t7-/m0/s1. The average molecular weight is 261 g/mol. The maximum atomic E-state index is 10.3. The molecule has 0 saturated heterocycles. The number of aliphatic hydroxyl groups is 1. The Hall–Kier alpha value is -1.07. The number of aliphatic carboxylic acids is 1. The first-order valence-electron chi connectivity index (χ1n) is 3.89. The van der Waals surface area contributed by atoms with Gasteiger partial charge in [0.1, 0.15) is 5.75 Å². The van der Waals surface area contributed by atoms with Crippen LogP contribution in [0.15, 0.2) is 22.7 Å². The molecule has 0 spiro atoms. The van der Waals surface area contributed by atoms with Gasteiger partial charge in [-0.2, -0.15) is 0 Å². The van der Waals surface area contributed by atoms with Crippen molar-refractivity contribution >= 4 is 21.9 Å². The Morgan fingerprint density at radius 3 is 2.71 bits per heavy atom. The van der Waals surface area contributed by atoms with E-state index in [-0.39, 0.29) is 12.2 Å². The van der Waals surface area contributed by atoms with E-state index in [2.05, 4.69) is 15.9 Å². The summed E-state index contributed by atoms with van der Waals surface area (Å²) in [6.45, 7) is 0. The van der Waals surface area contributed by atoms with Crippen molar-refractivity contribution in [3.05, 3.63) is 28.2 Å². The fourth-order valence-electron chi connectivity index (χ4n) is 1.07. The number of rotatable bonds is 3. The Balaban J connectivity index is 2.95. The van der Waals surface area contributed by atoms with Crippen LogP contribution >= 0.6 is 15.9 Å². The summed E-state index contributed by atoms with van der Waals surface area (Å²) in [5.41, 5.74) is 0.368. The highest BCUT2D eigenvalue weighted by Gasteiger charge is 2.16. The van der Waals surface area contributed by atoms with Crippen LogP contribution in [0.5, 0.6) is 5.75 Å². The summed E-state index contributed by atoms with van der Waals surface area (Å²) in [5, 5.41) is 27.2. The van der Waals surface area contributed by atoms with Crippen LogP contribution in [-0.4, -0.2) is 21.3 Å². The number of benzene rings is 1. The molecule has 0 amide bonds. The molecule has 1 aromatic rings. The largest absolute Gasteiger partial charge is 0.507 e. The van der Waals surface area contributed by atoms with E-state index in [1.165, 1.54) is 6.07 Å². The summed E-state index contributed by atoms with van der Waals surface area (Å²) in [7, 11) is 0. The summed E-state index contributed by atoms with van der Waals surface area (Å²) in [6, 6.07) is 4.54. The molecule has 0 radical (unpaired) electrons. The average Bonchev–Trinajstić information content (AvgIpc) is 2.08. The van der Waals surface area contributed by atoms with Gasteiger partial charge in [0.15, 0.2) is 0 Å². The first-order chi connectivity index (χ1) is 6.52. The van der Waals surface area contributed by atoms with Gasteiger partial charge in [0.25, 0.3) is 0 Å². The van der Waals surface area contributed by atoms with Crippen LogP contribution in [0.25, 0.3) is 0 Å². The SMILES string of the molecule is O=C(O)C[C@H](O)c1cccc(O)c1Br. The van der Waals surface area contributed by atoms with Gasteiger partial charge in [0, 0.05) is 0 Å². The van der Waals surface area contributed by atoms with Crippen LogP contribution in [0.3, 0.4) is 0 Å². The second-order valence-electron chi connectivity index (χ2n) is 2.79. The monoisotopic (exact) mass is 260 g/mol. The maximum absolute atomic E-state index is 10.3. The molecule has 1 atom stereocenters. The second kappa shape index (κ2) is 4.43. The van der Waals surface area contributed by atoms with E-state index in [1.54, 1.807) is 12.1 Å². The molecular weight excluding hydrogens is 252 g/mol. The summed E-state index contributed by atoms with van der Waals surface area (Å²) >= 11 is 3.07. The van der Waals surface area contributed by atoms with Crippen LogP contribution < -0.4 is 0 Å². The van der Waals surface area contributed by atoms with Gasteiger partial charge in [-0.15, -0.1) is 0 Å². The minimum absolute atomic E-state index is 0.0214. The summed E-state index contributed by atoms with van der Waals surface area (Å²) in [4.78, 5) is 10.3.